The molecule has 27 heavy (non-hydrogen) atoms. The lowest BCUT2D eigenvalue weighted by molar-refractivity contribution is 0.101. The number of amides is 2. The van der Waals surface area contributed by atoms with Crippen molar-refractivity contribution in [2.45, 2.75) is 20.8 Å². The molecule has 0 aliphatic carbocycles. The molecule has 2 N–H and O–H groups in total. The number of hydrogen-bond acceptors (Lipinski definition) is 2. The first-order valence-electron chi connectivity index (χ1n) is 8.79. The van der Waals surface area contributed by atoms with Crippen molar-refractivity contribution in [3.8, 4) is 0 Å². The molecule has 0 aliphatic rings. The third-order valence-electron chi connectivity index (χ3n) is 4.25. The quantitative estimate of drug-likeness (QED) is 0.680. The van der Waals surface area contributed by atoms with Gasteiger partial charge in [0.1, 0.15) is 0 Å². The Hall–Kier alpha value is -3.40. The molecule has 0 radical (unpaired) electrons. The minimum Gasteiger partial charge on any atom is -0.322 e. The zero-order chi connectivity index (χ0) is 19.4. The van der Waals surface area contributed by atoms with Crippen LogP contribution in [0, 0.1) is 20.8 Å². The number of nitrogens with one attached hydrogen (secondary N) is 2. The highest BCUT2D eigenvalue weighted by atomic mass is 16.2. The van der Waals surface area contributed by atoms with Gasteiger partial charge in [-0.25, -0.2) is 0 Å². The molecule has 0 aliphatic heterocycles. The van der Waals surface area contributed by atoms with Gasteiger partial charge in [-0.3, -0.25) is 9.59 Å². The molecule has 0 bridgehead atoms. The third kappa shape index (κ3) is 4.61. The van der Waals surface area contributed by atoms with Crippen LogP contribution in [0.15, 0.2) is 66.7 Å². The lowest BCUT2D eigenvalue weighted by Gasteiger charge is -2.12. The van der Waals surface area contributed by atoms with Gasteiger partial charge in [-0.05, 0) is 68.8 Å². The third-order valence-corrected chi connectivity index (χ3v) is 4.25. The van der Waals surface area contributed by atoms with Crippen LogP contribution in [-0.2, 0) is 0 Å². The summed E-state index contributed by atoms with van der Waals surface area (Å²) in [5, 5.41) is 5.82. The predicted octanol–water partition coefficient (Wildman–Crippen LogP) is 5.12. The Morgan fingerprint density at radius 2 is 1.30 bits per heavy atom. The van der Waals surface area contributed by atoms with Gasteiger partial charge in [-0.1, -0.05) is 35.4 Å². The average Bonchev–Trinajstić information content (AvgIpc) is 2.64. The van der Waals surface area contributed by atoms with Crippen LogP contribution in [0.1, 0.15) is 37.4 Å². The maximum Gasteiger partial charge on any atom is 0.255 e. The van der Waals surface area contributed by atoms with E-state index in [1.54, 1.807) is 24.3 Å². The van der Waals surface area contributed by atoms with Gasteiger partial charge in [0, 0.05) is 22.5 Å². The maximum absolute atomic E-state index is 12.5. The van der Waals surface area contributed by atoms with Crippen molar-refractivity contribution in [1.82, 2.24) is 0 Å². The summed E-state index contributed by atoms with van der Waals surface area (Å²) in [5.74, 6) is -0.312. The number of rotatable bonds is 4. The highest BCUT2D eigenvalue weighted by molar-refractivity contribution is 6.06. The van der Waals surface area contributed by atoms with E-state index in [4.69, 9.17) is 0 Å². The normalized spacial score (nSPS) is 10.3. The van der Waals surface area contributed by atoms with Crippen LogP contribution in [-0.4, -0.2) is 11.8 Å². The number of anilines is 2. The van der Waals surface area contributed by atoms with Crippen LogP contribution in [0.4, 0.5) is 11.4 Å². The van der Waals surface area contributed by atoms with Crippen LogP contribution >= 0.6 is 0 Å². The second kappa shape index (κ2) is 7.87. The van der Waals surface area contributed by atoms with Crippen LogP contribution in [0.3, 0.4) is 0 Å². The summed E-state index contributed by atoms with van der Waals surface area (Å²) >= 11 is 0. The van der Waals surface area contributed by atoms with Gasteiger partial charge in [0.2, 0.25) is 0 Å². The van der Waals surface area contributed by atoms with Gasteiger partial charge >= 0.3 is 0 Å². The van der Waals surface area contributed by atoms with Gasteiger partial charge < -0.3 is 10.6 Å². The molecule has 4 heteroatoms. The molecule has 0 heterocycles. The molecule has 2 amide bonds. The van der Waals surface area contributed by atoms with Gasteiger partial charge in [-0.2, -0.15) is 0 Å². The molecule has 0 aromatic heterocycles. The molecule has 136 valence electrons. The lowest BCUT2D eigenvalue weighted by Crippen LogP contribution is -2.14. The standard InChI is InChI=1S/C23H22N2O2/c1-15-11-16(2)13-19(12-15)23(27)24-20-9-10-21(17(3)14-20)25-22(26)18-7-5-4-6-8-18/h4-14H,1-3H3,(H,24,27)(H,25,26). The summed E-state index contributed by atoms with van der Waals surface area (Å²) in [6.07, 6.45) is 0. The number of aryl methyl sites for hydroxylation is 3. The van der Waals surface area contributed by atoms with Gasteiger partial charge in [0.05, 0.1) is 0 Å². The molecule has 3 aromatic carbocycles. The van der Waals surface area contributed by atoms with Crippen LogP contribution in [0.5, 0.6) is 0 Å². The van der Waals surface area contributed by atoms with E-state index in [9.17, 15) is 9.59 Å². The highest BCUT2D eigenvalue weighted by Gasteiger charge is 2.10. The predicted molar refractivity (Wildman–Crippen MR) is 109 cm³/mol. The fraction of sp³-hybridized carbons (Fsp3) is 0.130. The monoisotopic (exact) mass is 358 g/mol. The first-order valence-corrected chi connectivity index (χ1v) is 8.79. The number of benzene rings is 3. The number of carbonyl (C=O) groups excluding carboxylic acids is 2. The Bertz CT molecular complexity index is 974. The largest absolute Gasteiger partial charge is 0.322 e. The minimum absolute atomic E-state index is 0.151. The lowest BCUT2D eigenvalue weighted by atomic mass is 10.1. The molecule has 0 fully saturated rings. The van der Waals surface area contributed by atoms with Gasteiger partial charge in [0.15, 0.2) is 0 Å². The van der Waals surface area contributed by atoms with Crippen LogP contribution < -0.4 is 10.6 Å². The summed E-state index contributed by atoms with van der Waals surface area (Å²) in [7, 11) is 0. The van der Waals surface area contributed by atoms with Crippen molar-refractivity contribution < 1.29 is 9.59 Å². The van der Waals surface area contributed by atoms with Crippen molar-refractivity contribution in [3.05, 3.63) is 94.5 Å². The molecule has 0 saturated carbocycles. The van der Waals surface area contributed by atoms with Gasteiger partial charge in [-0.15, -0.1) is 0 Å². The SMILES string of the molecule is Cc1cc(C)cc(C(=O)Nc2ccc(NC(=O)c3ccccc3)c(C)c2)c1. The Labute approximate surface area is 159 Å². The fourth-order valence-corrected chi connectivity index (χ4v) is 2.97. The van der Waals surface area contributed by atoms with E-state index in [2.05, 4.69) is 10.6 Å². The van der Waals surface area contributed by atoms with E-state index in [1.165, 1.54) is 0 Å². The molecule has 4 nitrogen and oxygen atoms in total. The van der Waals surface area contributed by atoms with E-state index < -0.39 is 0 Å². The van der Waals surface area contributed by atoms with E-state index >= 15 is 0 Å². The summed E-state index contributed by atoms with van der Waals surface area (Å²) in [4.78, 5) is 24.8. The first kappa shape index (κ1) is 18.4. The van der Waals surface area contributed by atoms with Crippen molar-refractivity contribution in [1.29, 1.82) is 0 Å². The minimum atomic E-state index is -0.161. The molecule has 0 unspecified atom stereocenters. The summed E-state index contributed by atoms with van der Waals surface area (Å²) in [6.45, 7) is 5.84. The van der Waals surface area contributed by atoms with Crippen molar-refractivity contribution in [2.24, 2.45) is 0 Å². The smallest absolute Gasteiger partial charge is 0.255 e. The zero-order valence-electron chi connectivity index (χ0n) is 15.7. The first-order chi connectivity index (χ1) is 12.9. The molecular weight excluding hydrogens is 336 g/mol. The molecule has 0 saturated heterocycles. The fourth-order valence-electron chi connectivity index (χ4n) is 2.97. The molecule has 3 aromatic rings. The van der Waals surface area contributed by atoms with Crippen molar-refractivity contribution in [2.75, 3.05) is 10.6 Å². The summed E-state index contributed by atoms with van der Waals surface area (Å²) < 4.78 is 0. The number of hydrogen-bond donors (Lipinski definition) is 2. The average molecular weight is 358 g/mol. The van der Waals surface area contributed by atoms with Crippen LogP contribution in [0.2, 0.25) is 0 Å². The Morgan fingerprint density at radius 1 is 0.667 bits per heavy atom. The zero-order valence-corrected chi connectivity index (χ0v) is 15.7. The second-order valence-corrected chi connectivity index (χ2v) is 6.68. The highest BCUT2D eigenvalue weighted by Crippen LogP contribution is 2.21. The van der Waals surface area contributed by atoms with E-state index in [0.717, 1.165) is 16.7 Å². The molecule has 0 spiro atoms. The molecular formula is C23H22N2O2. The van der Waals surface area contributed by atoms with Crippen molar-refractivity contribution in [3.63, 3.8) is 0 Å². The number of carbonyl (C=O) groups is 2. The van der Waals surface area contributed by atoms with Gasteiger partial charge in [0.25, 0.3) is 11.8 Å². The summed E-state index contributed by atoms with van der Waals surface area (Å²) in [6, 6.07) is 20.3. The van der Waals surface area contributed by atoms with E-state index in [-0.39, 0.29) is 11.8 Å². The molecule has 3 rings (SSSR count). The van der Waals surface area contributed by atoms with Crippen LogP contribution in [0.25, 0.3) is 0 Å². The Kier molecular flexibility index (Phi) is 5.36. The maximum atomic E-state index is 12.5. The van der Waals surface area contributed by atoms with E-state index in [1.807, 2.05) is 63.2 Å². The summed E-state index contributed by atoms with van der Waals surface area (Å²) in [5.41, 5.74) is 5.61. The van der Waals surface area contributed by atoms with E-state index in [0.29, 0.717) is 22.5 Å². The molecule has 0 atom stereocenters. The Morgan fingerprint density at radius 3 is 1.93 bits per heavy atom. The van der Waals surface area contributed by atoms with Crippen molar-refractivity contribution >= 4 is 23.2 Å². The topological polar surface area (TPSA) is 58.2 Å². The Balaban J connectivity index is 1.73. The second-order valence-electron chi connectivity index (χ2n) is 6.68.